The summed E-state index contributed by atoms with van der Waals surface area (Å²) in [4.78, 5) is 16.4. The van der Waals surface area contributed by atoms with Crippen molar-refractivity contribution in [2.24, 2.45) is 11.7 Å². The van der Waals surface area contributed by atoms with Crippen LogP contribution in [0, 0.1) is 5.92 Å². The van der Waals surface area contributed by atoms with Crippen LogP contribution in [0.25, 0.3) is 0 Å². The summed E-state index contributed by atoms with van der Waals surface area (Å²) in [5.74, 6) is 0.605. The Morgan fingerprint density at radius 3 is 2.62 bits per heavy atom. The first-order valence-corrected chi connectivity index (χ1v) is 8.60. The minimum atomic E-state index is -0.0356. The largest absolute Gasteiger partial charge is 0.350 e. The number of nitrogens with two attached hydrogens (primary N) is 1. The fraction of sp³-hybridized carbons (Fsp3) is 0.733. The summed E-state index contributed by atoms with van der Waals surface area (Å²) in [5.41, 5.74) is 6.04. The van der Waals surface area contributed by atoms with Gasteiger partial charge in [0.05, 0.1) is 5.01 Å². The lowest BCUT2D eigenvalue weighted by Crippen LogP contribution is -2.30. The molecule has 1 fully saturated rings. The van der Waals surface area contributed by atoms with Crippen molar-refractivity contribution >= 4 is 29.7 Å². The standard InChI is InChI=1S/C15H25N3OS.ClH/c16-9-8-14-18-13(11-20-14)15(19)17-10-12-6-4-2-1-3-5-7-12;/h11-12H,1-10,16H2,(H,17,19);1H. The Kier molecular flexibility index (Phi) is 8.88. The molecule has 0 atom stereocenters. The fourth-order valence-electron chi connectivity index (χ4n) is 2.73. The molecule has 0 bridgehead atoms. The molecule has 1 heterocycles. The van der Waals surface area contributed by atoms with E-state index in [9.17, 15) is 4.79 Å². The van der Waals surface area contributed by atoms with E-state index in [1.165, 1.54) is 56.3 Å². The summed E-state index contributed by atoms with van der Waals surface area (Å²) >= 11 is 1.52. The molecule has 1 amide bonds. The van der Waals surface area contributed by atoms with Gasteiger partial charge in [0.25, 0.3) is 5.91 Å². The average Bonchev–Trinajstić information content (AvgIpc) is 2.86. The number of carbonyl (C=O) groups is 1. The van der Waals surface area contributed by atoms with Crippen LogP contribution >= 0.6 is 23.7 Å². The van der Waals surface area contributed by atoms with E-state index in [4.69, 9.17) is 5.73 Å². The van der Waals surface area contributed by atoms with Gasteiger partial charge in [-0.1, -0.05) is 32.1 Å². The number of nitrogens with one attached hydrogen (secondary N) is 1. The van der Waals surface area contributed by atoms with Crippen LogP contribution in [0.4, 0.5) is 0 Å². The number of rotatable bonds is 5. The van der Waals surface area contributed by atoms with Gasteiger partial charge in [0.15, 0.2) is 0 Å². The molecule has 6 heteroatoms. The molecule has 4 nitrogen and oxygen atoms in total. The summed E-state index contributed by atoms with van der Waals surface area (Å²) in [6.07, 6.45) is 9.92. The molecule has 0 aliphatic heterocycles. The average molecular weight is 332 g/mol. The minimum absolute atomic E-state index is 0. The lowest BCUT2D eigenvalue weighted by atomic mass is 9.91. The van der Waals surface area contributed by atoms with Gasteiger partial charge in [-0.3, -0.25) is 4.79 Å². The van der Waals surface area contributed by atoms with Gasteiger partial charge in [-0.25, -0.2) is 4.98 Å². The highest BCUT2D eigenvalue weighted by Crippen LogP contribution is 2.21. The van der Waals surface area contributed by atoms with E-state index in [0.717, 1.165) is 18.0 Å². The van der Waals surface area contributed by atoms with Gasteiger partial charge in [-0.05, 0) is 25.3 Å². The first kappa shape index (κ1) is 18.4. The third-order valence-electron chi connectivity index (χ3n) is 3.92. The second-order valence-electron chi connectivity index (χ2n) is 5.59. The van der Waals surface area contributed by atoms with Crippen molar-refractivity contribution in [3.8, 4) is 0 Å². The molecule has 0 spiro atoms. The number of thiazole rings is 1. The van der Waals surface area contributed by atoms with Crippen LogP contribution in [0.15, 0.2) is 5.38 Å². The van der Waals surface area contributed by atoms with Gasteiger partial charge < -0.3 is 11.1 Å². The van der Waals surface area contributed by atoms with Crippen molar-refractivity contribution in [2.75, 3.05) is 13.1 Å². The van der Waals surface area contributed by atoms with Crippen molar-refractivity contribution < 1.29 is 4.79 Å². The molecule has 1 aliphatic carbocycles. The third kappa shape index (κ3) is 6.32. The van der Waals surface area contributed by atoms with Gasteiger partial charge in [0, 0.05) is 18.3 Å². The predicted octanol–water partition coefficient (Wildman–Crippen LogP) is 3.16. The zero-order valence-corrected chi connectivity index (χ0v) is 14.1. The van der Waals surface area contributed by atoms with Crippen molar-refractivity contribution in [3.63, 3.8) is 0 Å². The molecule has 0 saturated heterocycles. The van der Waals surface area contributed by atoms with Crippen LogP contribution in [-0.2, 0) is 6.42 Å². The fourth-order valence-corrected chi connectivity index (χ4v) is 3.52. The van der Waals surface area contributed by atoms with Crippen LogP contribution in [0.2, 0.25) is 0 Å². The topological polar surface area (TPSA) is 68.0 Å². The van der Waals surface area contributed by atoms with Crippen LogP contribution in [0.3, 0.4) is 0 Å². The van der Waals surface area contributed by atoms with E-state index in [-0.39, 0.29) is 18.3 Å². The van der Waals surface area contributed by atoms with Gasteiger partial charge >= 0.3 is 0 Å². The molecule has 120 valence electrons. The molecule has 2 rings (SSSR count). The number of nitrogens with zero attached hydrogens (tertiary/aromatic N) is 1. The second kappa shape index (κ2) is 10.1. The first-order chi connectivity index (χ1) is 9.79. The molecule has 1 aromatic rings. The summed E-state index contributed by atoms with van der Waals surface area (Å²) in [7, 11) is 0. The Bertz CT molecular complexity index is 417. The molecular formula is C15H26ClN3OS. The maximum absolute atomic E-state index is 12.1. The number of hydrogen-bond acceptors (Lipinski definition) is 4. The van der Waals surface area contributed by atoms with Gasteiger partial charge in [-0.2, -0.15) is 0 Å². The molecule has 0 radical (unpaired) electrons. The summed E-state index contributed by atoms with van der Waals surface area (Å²) in [6, 6.07) is 0. The van der Waals surface area contributed by atoms with Crippen molar-refractivity contribution in [1.82, 2.24) is 10.3 Å². The van der Waals surface area contributed by atoms with Gasteiger partial charge in [-0.15, -0.1) is 23.7 Å². The molecule has 1 saturated carbocycles. The van der Waals surface area contributed by atoms with E-state index in [2.05, 4.69) is 10.3 Å². The number of halogens is 1. The summed E-state index contributed by atoms with van der Waals surface area (Å²) in [6.45, 7) is 1.37. The SMILES string of the molecule is Cl.NCCc1nc(C(=O)NCC2CCCCCCC2)cs1. The van der Waals surface area contributed by atoms with E-state index >= 15 is 0 Å². The highest BCUT2D eigenvalue weighted by atomic mass is 35.5. The molecule has 0 aromatic carbocycles. The van der Waals surface area contributed by atoms with Crippen molar-refractivity contribution in [3.05, 3.63) is 16.1 Å². The number of hydrogen-bond donors (Lipinski definition) is 2. The lowest BCUT2D eigenvalue weighted by Gasteiger charge is -2.19. The van der Waals surface area contributed by atoms with E-state index in [0.29, 0.717) is 18.2 Å². The van der Waals surface area contributed by atoms with E-state index < -0.39 is 0 Å². The Morgan fingerprint density at radius 2 is 1.95 bits per heavy atom. The van der Waals surface area contributed by atoms with Crippen LogP contribution in [0.1, 0.15) is 60.4 Å². The normalized spacial score (nSPS) is 16.6. The number of carbonyl (C=O) groups excluding carboxylic acids is 1. The molecule has 3 N–H and O–H groups in total. The lowest BCUT2D eigenvalue weighted by molar-refractivity contribution is 0.0940. The quantitative estimate of drug-likeness (QED) is 0.870. The van der Waals surface area contributed by atoms with E-state index in [1.54, 1.807) is 0 Å². The molecule has 1 aromatic heterocycles. The zero-order chi connectivity index (χ0) is 14.2. The Morgan fingerprint density at radius 1 is 1.29 bits per heavy atom. The maximum Gasteiger partial charge on any atom is 0.270 e. The smallest absolute Gasteiger partial charge is 0.270 e. The van der Waals surface area contributed by atoms with Crippen molar-refractivity contribution in [2.45, 2.75) is 51.4 Å². The summed E-state index contributed by atoms with van der Waals surface area (Å²) < 4.78 is 0. The zero-order valence-electron chi connectivity index (χ0n) is 12.5. The Hall–Kier alpha value is -0.650. The van der Waals surface area contributed by atoms with Gasteiger partial charge in [0.1, 0.15) is 5.69 Å². The Labute approximate surface area is 137 Å². The van der Waals surface area contributed by atoms with Crippen LogP contribution < -0.4 is 11.1 Å². The van der Waals surface area contributed by atoms with Crippen LogP contribution in [0.5, 0.6) is 0 Å². The molecular weight excluding hydrogens is 306 g/mol. The second-order valence-corrected chi connectivity index (χ2v) is 6.53. The molecule has 21 heavy (non-hydrogen) atoms. The number of aromatic nitrogens is 1. The number of amides is 1. The molecule has 1 aliphatic rings. The molecule has 0 unspecified atom stereocenters. The van der Waals surface area contributed by atoms with E-state index in [1.807, 2.05) is 5.38 Å². The highest BCUT2D eigenvalue weighted by Gasteiger charge is 2.15. The Balaban J connectivity index is 0.00000220. The van der Waals surface area contributed by atoms with Gasteiger partial charge in [0.2, 0.25) is 0 Å². The first-order valence-electron chi connectivity index (χ1n) is 7.72. The third-order valence-corrected chi connectivity index (χ3v) is 4.83. The summed E-state index contributed by atoms with van der Waals surface area (Å²) in [5, 5.41) is 5.83. The minimum Gasteiger partial charge on any atom is -0.350 e. The maximum atomic E-state index is 12.1. The highest BCUT2D eigenvalue weighted by molar-refractivity contribution is 7.09. The van der Waals surface area contributed by atoms with Crippen molar-refractivity contribution in [1.29, 1.82) is 0 Å². The van der Waals surface area contributed by atoms with Crippen LogP contribution in [-0.4, -0.2) is 24.0 Å². The predicted molar refractivity (Wildman–Crippen MR) is 90.3 cm³/mol. The monoisotopic (exact) mass is 331 g/mol.